The summed E-state index contributed by atoms with van der Waals surface area (Å²) >= 11 is 0. The van der Waals surface area contributed by atoms with E-state index in [2.05, 4.69) is 10.2 Å². The summed E-state index contributed by atoms with van der Waals surface area (Å²) in [6, 6.07) is 15.2. The van der Waals surface area contributed by atoms with Gasteiger partial charge in [-0.05, 0) is 50.6 Å². The number of nitrogens with one attached hydrogen (secondary N) is 1. The van der Waals surface area contributed by atoms with Crippen LogP contribution in [0.3, 0.4) is 0 Å². The Morgan fingerprint density at radius 2 is 1.83 bits per heavy atom. The van der Waals surface area contributed by atoms with E-state index in [1.165, 1.54) is 0 Å². The lowest BCUT2D eigenvalue weighted by Crippen LogP contribution is -2.39. The van der Waals surface area contributed by atoms with Gasteiger partial charge in [0, 0.05) is 18.5 Å². The predicted octanol–water partition coefficient (Wildman–Crippen LogP) is 2.95. The van der Waals surface area contributed by atoms with E-state index in [0.717, 1.165) is 37.3 Å². The molecule has 35 heavy (non-hydrogen) atoms. The molecule has 0 spiro atoms. The van der Waals surface area contributed by atoms with Crippen LogP contribution in [0.25, 0.3) is 0 Å². The van der Waals surface area contributed by atoms with Crippen molar-refractivity contribution < 1.29 is 14.3 Å². The molecule has 1 fully saturated rings. The molecule has 1 aliphatic rings. The van der Waals surface area contributed by atoms with Crippen molar-refractivity contribution in [3.8, 4) is 11.5 Å². The Balaban J connectivity index is 1.37. The van der Waals surface area contributed by atoms with Crippen LogP contribution in [0.2, 0.25) is 0 Å². The van der Waals surface area contributed by atoms with Gasteiger partial charge in [-0.2, -0.15) is 5.10 Å². The van der Waals surface area contributed by atoms with Gasteiger partial charge < -0.3 is 14.8 Å². The highest BCUT2D eigenvalue weighted by Crippen LogP contribution is 2.29. The van der Waals surface area contributed by atoms with Gasteiger partial charge in [-0.3, -0.25) is 14.3 Å². The van der Waals surface area contributed by atoms with Crippen LogP contribution < -0.4 is 20.5 Å². The Labute approximate surface area is 205 Å². The molecule has 1 amide bonds. The molecule has 0 bridgehead atoms. The first-order valence-corrected chi connectivity index (χ1v) is 12.0. The van der Waals surface area contributed by atoms with Crippen molar-refractivity contribution in [3.05, 3.63) is 70.4 Å². The maximum Gasteiger partial charge on any atom is 0.346 e. The monoisotopic (exact) mass is 479 g/mol. The molecule has 2 heterocycles. The maximum atomic E-state index is 12.9. The van der Waals surface area contributed by atoms with Crippen LogP contribution in [0.1, 0.15) is 37.1 Å². The summed E-state index contributed by atoms with van der Waals surface area (Å²) in [5, 5.41) is 7.65. The molecule has 4 rings (SSSR count). The number of nitrogens with zero attached hydrogens (tertiary/aromatic N) is 4. The van der Waals surface area contributed by atoms with Gasteiger partial charge in [0.2, 0.25) is 5.91 Å². The second-order valence-electron chi connectivity index (χ2n) is 8.69. The molecule has 9 heteroatoms. The van der Waals surface area contributed by atoms with Gasteiger partial charge in [-0.15, -0.1) is 0 Å². The maximum absolute atomic E-state index is 12.9. The lowest BCUT2D eigenvalue weighted by molar-refractivity contribution is -0.117. The zero-order valence-electron chi connectivity index (χ0n) is 20.6. The van der Waals surface area contributed by atoms with E-state index in [0.29, 0.717) is 30.3 Å². The molecule has 0 unspecified atom stereocenters. The minimum atomic E-state index is -0.104. The van der Waals surface area contributed by atoms with Crippen molar-refractivity contribution in [1.29, 1.82) is 0 Å². The smallest absolute Gasteiger partial charge is 0.346 e. The first-order valence-electron chi connectivity index (χ1n) is 12.0. The number of carbonyl (C=O) groups excluding carboxylic acids is 1. The van der Waals surface area contributed by atoms with Gasteiger partial charge in [0.1, 0.15) is 17.3 Å². The van der Waals surface area contributed by atoms with Crippen LogP contribution >= 0.6 is 0 Å². The molecule has 0 aliphatic carbocycles. The number of ether oxygens (including phenoxy) is 2. The van der Waals surface area contributed by atoms with Gasteiger partial charge in [-0.25, -0.2) is 9.48 Å². The topological polar surface area (TPSA) is 90.6 Å². The molecule has 186 valence electrons. The first kappa shape index (κ1) is 24.5. The number of hydrogen-bond donors (Lipinski definition) is 1. The van der Waals surface area contributed by atoms with E-state index in [1.54, 1.807) is 41.7 Å². The van der Waals surface area contributed by atoms with Crippen molar-refractivity contribution in [2.24, 2.45) is 0 Å². The minimum Gasteiger partial charge on any atom is -0.497 e. The first-order chi connectivity index (χ1) is 17.0. The van der Waals surface area contributed by atoms with Gasteiger partial charge in [0.05, 0.1) is 33.0 Å². The number of anilines is 1. The van der Waals surface area contributed by atoms with Crippen LogP contribution in [0.5, 0.6) is 11.5 Å². The molecule has 3 aromatic rings. The Morgan fingerprint density at radius 1 is 1.09 bits per heavy atom. The van der Waals surface area contributed by atoms with Crippen LogP contribution in [0.4, 0.5) is 5.69 Å². The molecular weight excluding hydrogens is 446 g/mol. The molecule has 9 nitrogen and oxygen atoms in total. The van der Waals surface area contributed by atoms with Crippen LogP contribution in [0.15, 0.2) is 53.3 Å². The summed E-state index contributed by atoms with van der Waals surface area (Å²) in [6.07, 6.45) is 1.69. The average molecular weight is 480 g/mol. The number of benzene rings is 2. The summed E-state index contributed by atoms with van der Waals surface area (Å²) in [6.45, 7) is 4.84. The fourth-order valence-corrected chi connectivity index (χ4v) is 4.57. The van der Waals surface area contributed by atoms with Gasteiger partial charge in [0.25, 0.3) is 0 Å². The minimum absolute atomic E-state index is 0.0691. The highest BCUT2D eigenvalue weighted by atomic mass is 16.5. The lowest BCUT2D eigenvalue weighted by atomic mass is 9.96. The summed E-state index contributed by atoms with van der Waals surface area (Å²) in [5.41, 5.74) is 1.57. The van der Waals surface area contributed by atoms with E-state index in [-0.39, 0.29) is 24.1 Å². The van der Waals surface area contributed by atoms with Crippen molar-refractivity contribution >= 4 is 11.6 Å². The number of likely N-dealkylation sites (tertiary alicyclic amines) is 1. The SMILES string of the molecule is CCn1c(C2CCN(CC(=O)Nc3cc(OC)ccc3OC)CC2)nn(Cc2ccccc2)c1=O. The standard InChI is InChI=1S/C26H33N5O4/c1-4-30-25(28-31(26(30)33)17-19-8-6-5-7-9-19)20-12-14-29(15-13-20)18-24(32)27-22-16-21(34-2)10-11-23(22)35-3/h5-11,16,20H,4,12-15,17-18H2,1-3H3,(H,27,32). The van der Waals surface area contributed by atoms with E-state index in [4.69, 9.17) is 14.6 Å². The summed E-state index contributed by atoms with van der Waals surface area (Å²) in [7, 11) is 3.15. The predicted molar refractivity (Wildman–Crippen MR) is 134 cm³/mol. The highest BCUT2D eigenvalue weighted by molar-refractivity contribution is 5.94. The van der Waals surface area contributed by atoms with Gasteiger partial charge in [-0.1, -0.05) is 30.3 Å². The molecule has 2 aromatic carbocycles. The number of methoxy groups -OCH3 is 2. The number of amides is 1. The zero-order valence-corrected chi connectivity index (χ0v) is 20.6. The Morgan fingerprint density at radius 3 is 2.49 bits per heavy atom. The van der Waals surface area contributed by atoms with Crippen molar-refractivity contribution in [2.75, 3.05) is 39.2 Å². The highest BCUT2D eigenvalue weighted by Gasteiger charge is 2.27. The largest absolute Gasteiger partial charge is 0.497 e. The second-order valence-corrected chi connectivity index (χ2v) is 8.69. The molecular formula is C26H33N5O4. The fourth-order valence-electron chi connectivity index (χ4n) is 4.57. The Bertz CT molecular complexity index is 1200. The van der Waals surface area contributed by atoms with Crippen molar-refractivity contribution in [2.45, 2.75) is 38.8 Å². The summed E-state index contributed by atoms with van der Waals surface area (Å²) < 4.78 is 13.9. The third kappa shape index (κ3) is 5.74. The molecule has 0 radical (unpaired) electrons. The van der Waals surface area contributed by atoms with Crippen LogP contribution in [0, 0.1) is 0 Å². The lowest BCUT2D eigenvalue weighted by Gasteiger charge is -2.31. The third-order valence-corrected chi connectivity index (χ3v) is 6.44. The molecule has 1 aliphatic heterocycles. The molecule has 0 atom stereocenters. The van der Waals surface area contributed by atoms with E-state index in [1.807, 2.05) is 37.3 Å². The van der Waals surface area contributed by atoms with Gasteiger partial charge in [0.15, 0.2) is 0 Å². The number of carbonyl (C=O) groups is 1. The molecule has 1 aromatic heterocycles. The summed E-state index contributed by atoms with van der Waals surface area (Å²) in [5.74, 6) is 2.17. The van der Waals surface area contributed by atoms with Gasteiger partial charge >= 0.3 is 5.69 Å². The second kappa shape index (κ2) is 11.2. The van der Waals surface area contributed by atoms with E-state index in [9.17, 15) is 9.59 Å². The van der Waals surface area contributed by atoms with Crippen molar-refractivity contribution in [3.63, 3.8) is 0 Å². The van der Waals surface area contributed by atoms with Crippen LogP contribution in [-0.2, 0) is 17.9 Å². The van der Waals surface area contributed by atoms with Crippen molar-refractivity contribution in [1.82, 2.24) is 19.2 Å². The number of hydrogen-bond acceptors (Lipinski definition) is 6. The van der Waals surface area contributed by atoms with Crippen LogP contribution in [-0.4, -0.2) is 59.0 Å². The quantitative estimate of drug-likeness (QED) is 0.508. The normalized spacial score (nSPS) is 14.6. The zero-order chi connectivity index (χ0) is 24.8. The van der Waals surface area contributed by atoms with E-state index >= 15 is 0 Å². The fraction of sp³-hybridized carbons (Fsp3) is 0.423. The third-order valence-electron chi connectivity index (χ3n) is 6.44. The number of rotatable bonds is 9. The average Bonchev–Trinajstić information content (AvgIpc) is 3.19. The number of aromatic nitrogens is 3. The summed E-state index contributed by atoms with van der Waals surface area (Å²) in [4.78, 5) is 27.8. The number of piperidine rings is 1. The Kier molecular flexibility index (Phi) is 7.87. The van der Waals surface area contributed by atoms with E-state index < -0.39 is 0 Å². The molecule has 1 N–H and O–H groups in total. The Hall–Kier alpha value is -3.59. The molecule has 1 saturated heterocycles. The molecule has 0 saturated carbocycles.